The van der Waals surface area contributed by atoms with Crippen molar-refractivity contribution in [2.45, 2.75) is 5.16 Å². The van der Waals surface area contributed by atoms with Gasteiger partial charge in [0.1, 0.15) is 5.82 Å². The third-order valence-corrected chi connectivity index (χ3v) is 7.56. The lowest BCUT2D eigenvalue weighted by molar-refractivity contribution is -0.129. The second-order valence-corrected chi connectivity index (χ2v) is 10.6. The zero-order valence-corrected chi connectivity index (χ0v) is 19.8. The maximum atomic E-state index is 12.7. The second-order valence-electron chi connectivity index (χ2n) is 7.31. The molecule has 0 bridgehead atoms. The van der Waals surface area contributed by atoms with Gasteiger partial charge >= 0.3 is 0 Å². The molecule has 0 unspecified atom stereocenters. The fraction of sp³-hybridized carbons (Fsp3) is 0.286. The molecule has 32 heavy (non-hydrogen) atoms. The SMILES string of the molecule is CS(=O)(=O)N1CCN(C(=O)CSc2nc(Nc3ccccc3Cl)c3ccccc3n2)CC1. The molecule has 168 valence electrons. The molecule has 3 aromatic rings. The summed E-state index contributed by atoms with van der Waals surface area (Å²) in [4.78, 5) is 23.5. The Morgan fingerprint density at radius 3 is 2.47 bits per heavy atom. The predicted molar refractivity (Wildman–Crippen MR) is 128 cm³/mol. The van der Waals surface area contributed by atoms with Gasteiger partial charge in [-0.05, 0) is 24.3 Å². The number of carbonyl (C=O) groups is 1. The van der Waals surface area contributed by atoms with Gasteiger partial charge in [-0.15, -0.1) is 0 Å². The van der Waals surface area contributed by atoms with Crippen LogP contribution in [0.5, 0.6) is 0 Å². The number of nitrogens with one attached hydrogen (secondary N) is 1. The van der Waals surface area contributed by atoms with Gasteiger partial charge in [0.2, 0.25) is 15.9 Å². The second kappa shape index (κ2) is 9.62. The Labute approximate surface area is 196 Å². The van der Waals surface area contributed by atoms with Crippen LogP contribution in [0.15, 0.2) is 53.7 Å². The number of aromatic nitrogens is 2. The first-order valence-corrected chi connectivity index (χ1v) is 13.2. The predicted octanol–water partition coefficient (Wildman–Crippen LogP) is 3.22. The van der Waals surface area contributed by atoms with E-state index in [1.807, 2.05) is 42.5 Å². The van der Waals surface area contributed by atoms with Crippen LogP contribution >= 0.6 is 23.4 Å². The van der Waals surface area contributed by atoms with Crippen LogP contribution in [0.4, 0.5) is 11.5 Å². The quantitative estimate of drug-likeness (QED) is 0.417. The first-order chi connectivity index (χ1) is 15.3. The number of carbonyl (C=O) groups excluding carboxylic acids is 1. The van der Waals surface area contributed by atoms with Crippen LogP contribution in [0, 0.1) is 0 Å². The van der Waals surface area contributed by atoms with Crippen molar-refractivity contribution in [3.63, 3.8) is 0 Å². The summed E-state index contributed by atoms with van der Waals surface area (Å²) in [5.74, 6) is 0.712. The van der Waals surface area contributed by atoms with Gasteiger partial charge in [-0.25, -0.2) is 18.4 Å². The van der Waals surface area contributed by atoms with Crippen molar-refractivity contribution >= 4 is 61.7 Å². The molecular weight excluding hydrogens is 470 g/mol. The summed E-state index contributed by atoms with van der Waals surface area (Å²) >= 11 is 7.54. The van der Waals surface area contributed by atoms with Gasteiger partial charge in [0, 0.05) is 31.6 Å². The van der Waals surface area contributed by atoms with Gasteiger partial charge in [-0.2, -0.15) is 4.31 Å². The van der Waals surface area contributed by atoms with Crippen LogP contribution in [0.1, 0.15) is 0 Å². The summed E-state index contributed by atoms with van der Waals surface area (Å²) in [6.07, 6.45) is 1.19. The number of amides is 1. The number of nitrogens with zero attached hydrogens (tertiary/aromatic N) is 4. The molecule has 1 fully saturated rings. The summed E-state index contributed by atoms with van der Waals surface area (Å²) in [5.41, 5.74) is 1.49. The molecule has 1 saturated heterocycles. The zero-order valence-electron chi connectivity index (χ0n) is 17.4. The maximum Gasteiger partial charge on any atom is 0.233 e. The summed E-state index contributed by atoms with van der Waals surface area (Å²) in [5, 5.41) is 5.17. The Morgan fingerprint density at radius 2 is 1.75 bits per heavy atom. The Balaban J connectivity index is 1.48. The summed E-state index contributed by atoms with van der Waals surface area (Å²) in [6, 6.07) is 15.0. The molecule has 0 saturated carbocycles. The number of benzene rings is 2. The van der Waals surface area contributed by atoms with Gasteiger partial charge in [-0.3, -0.25) is 4.79 Å². The highest BCUT2D eigenvalue weighted by atomic mass is 35.5. The fourth-order valence-corrected chi connectivity index (χ4v) is 5.16. The lowest BCUT2D eigenvalue weighted by Crippen LogP contribution is -2.50. The highest BCUT2D eigenvalue weighted by Crippen LogP contribution is 2.30. The highest BCUT2D eigenvalue weighted by Gasteiger charge is 2.26. The molecule has 2 heterocycles. The average Bonchev–Trinajstić information content (AvgIpc) is 2.78. The average molecular weight is 492 g/mol. The molecular formula is C21H22ClN5O3S2. The molecule has 8 nitrogen and oxygen atoms in total. The first kappa shape index (κ1) is 22.8. The molecule has 1 aromatic heterocycles. The van der Waals surface area contributed by atoms with Crippen molar-refractivity contribution in [2.75, 3.05) is 43.5 Å². The van der Waals surface area contributed by atoms with Crippen LogP contribution < -0.4 is 5.32 Å². The standard InChI is InChI=1S/C21H22ClN5O3S2/c1-32(29,30)27-12-10-26(11-13-27)19(28)14-31-21-24-17-8-4-2-6-15(17)20(25-21)23-18-9-5-3-7-16(18)22/h2-9H,10-14H2,1H3,(H,23,24,25). The fourth-order valence-electron chi connectivity index (χ4n) is 3.39. The first-order valence-electron chi connectivity index (χ1n) is 9.95. The summed E-state index contributed by atoms with van der Waals surface area (Å²) in [6.45, 7) is 1.38. The van der Waals surface area contributed by atoms with Crippen LogP contribution in [0.25, 0.3) is 10.9 Å². The van der Waals surface area contributed by atoms with Crippen molar-refractivity contribution < 1.29 is 13.2 Å². The monoisotopic (exact) mass is 491 g/mol. The van der Waals surface area contributed by atoms with Crippen LogP contribution in [-0.4, -0.2) is 71.7 Å². The van der Waals surface area contributed by atoms with E-state index in [0.717, 1.165) is 16.6 Å². The Bertz CT molecular complexity index is 1250. The van der Waals surface area contributed by atoms with Gasteiger partial charge in [0.25, 0.3) is 0 Å². The van der Waals surface area contributed by atoms with Crippen molar-refractivity contribution in [3.05, 3.63) is 53.6 Å². The minimum atomic E-state index is -3.23. The Hall–Kier alpha value is -2.40. The minimum absolute atomic E-state index is 0.0690. The lowest BCUT2D eigenvalue weighted by Gasteiger charge is -2.33. The molecule has 0 radical (unpaired) electrons. The molecule has 0 atom stereocenters. The van der Waals surface area contributed by atoms with Crippen LogP contribution in [0.3, 0.4) is 0 Å². The molecule has 1 aliphatic rings. The van der Waals surface area contributed by atoms with Crippen LogP contribution in [0.2, 0.25) is 5.02 Å². The van der Waals surface area contributed by atoms with Gasteiger partial charge < -0.3 is 10.2 Å². The van der Waals surface area contributed by atoms with Gasteiger partial charge in [-0.1, -0.05) is 47.6 Å². The number of fused-ring (bicyclic) bond motifs is 1. The van der Waals surface area contributed by atoms with Gasteiger partial charge in [0.05, 0.1) is 28.2 Å². The van der Waals surface area contributed by atoms with Gasteiger partial charge in [0.15, 0.2) is 5.16 Å². The van der Waals surface area contributed by atoms with E-state index in [2.05, 4.69) is 15.3 Å². The number of anilines is 2. The number of rotatable bonds is 6. The number of hydrogen-bond acceptors (Lipinski definition) is 7. The lowest BCUT2D eigenvalue weighted by atomic mass is 10.2. The number of piperazine rings is 1. The highest BCUT2D eigenvalue weighted by molar-refractivity contribution is 7.99. The van der Waals surface area contributed by atoms with E-state index < -0.39 is 10.0 Å². The smallest absolute Gasteiger partial charge is 0.233 e. The Morgan fingerprint density at radius 1 is 1.06 bits per heavy atom. The number of thioether (sulfide) groups is 1. The molecule has 11 heteroatoms. The van der Waals surface area contributed by atoms with E-state index in [1.165, 1.54) is 22.3 Å². The largest absolute Gasteiger partial charge is 0.339 e. The van der Waals surface area contributed by atoms with Crippen molar-refractivity contribution in [1.82, 2.24) is 19.2 Å². The molecule has 2 aromatic carbocycles. The molecule has 1 amide bonds. The molecule has 0 spiro atoms. The van der Waals surface area contributed by atoms with E-state index in [-0.39, 0.29) is 11.7 Å². The maximum absolute atomic E-state index is 12.7. The molecule has 4 rings (SSSR count). The zero-order chi connectivity index (χ0) is 22.7. The number of halogens is 1. The summed E-state index contributed by atoms with van der Waals surface area (Å²) < 4.78 is 24.7. The molecule has 1 N–H and O–H groups in total. The van der Waals surface area contributed by atoms with Crippen LogP contribution in [-0.2, 0) is 14.8 Å². The van der Waals surface area contributed by atoms with E-state index in [4.69, 9.17) is 11.6 Å². The number of hydrogen-bond donors (Lipinski definition) is 1. The van der Waals surface area contributed by atoms with E-state index in [1.54, 1.807) is 11.0 Å². The number of sulfonamides is 1. The summed E-state index contributed by atoms with van der Waals surface area (Å²) in [7, 11) is -3.23. The van der Waals surface area contributed by atoms with E-state index >= 15 is 0 Å². The van der Waals surface area contributed by atoms with E-state index in [9.17, 15) is 13.2 Å². The van der Waals surface area contributed by atoms with Crippen molar-refractivity contribution in [3.8, 4) is 0 Å². The van der Waals surface area contributed by atoms with E-state index in [0.29, 0.717) is 42.2 Å². The molecule has 0 aliphatic carbocycles. The third-order valence-electron chi connectivity index (χ3n) is 5.09. The number of para-hydroxylation sites is 2. The van der Waals surface area contributed by atoms with Crippen molar-refractivity contribution in [1.29, 1.82) is 0 Å². The Kier molecular flexibility index (Phi) is 6.85. The normalized spacial score (nSPS) is 15.1. The van der Waals surface area contributed by atoms with Crippen molar-refractivity contribution in [2.24, 2.45) is 0 Å². The minimum Gasteiger partial charge on any atom is -0.339 e. The topological polar surface area (TPSA) is 95.5 Å². The third kappa shape index (κ3) is 5.32. The molecule has 1 aliphatic heterocycles.